The fourth-order valence-electron chi connectivity index (χ4n) is 2.61. The molecule has 2 unspecified atom stereocenters. The maximum atomic E-state index is 12.1. The molecule has 0 aliphatic carbocycles. The molecular formula is C13H24N2O3. The topological polar surface area (TPSA) is 50.8 Å². The highest BCUT2D eigenvalue weighted by Gasteiger charge is 2.26. The van der Waals surface area contributed by atoms with Gasteiger partial charge in [0.2, 0.25) is 5.91 Å². The molecule has 2 heterocycles. The molecule has 104 valence electrons. The molecule has 1 amide bonds. The number of amides is 1. The molecule has 0 radical (unpaired) electrons. The van der Waals surface area contributed by atoms with E-state index >= 15 is 0 Å². The third kappa shape index (κ3) is 3.93. The minimum Gasteiger partial charge on any atom is -0.376 e. The van der Waals surface area contributed by atoms with Gasteiger partial charge in [0, 0.05) is 26.3 Å². The Morgan fingerprint density at radius 3 is 2.11 bits per heavy atom. The van der Waals surface area contributed by atoms with Crippen LogP contribution < -0.4 is 5.32 Å². The van der Waals surface area contributed by atoms with Crippen LogP contribution in [0.25, 0.3) is 0 Å². The van der Waals surface area contributed by atoms with Crippen LogP contribution in [0.4, 0.5) is 0 Å². The highest BCUT2D eigenvalue weighted by atomic mass is 16.5. The predicted octanol–water partition coefficient (Wildman–Crippen LogP) is 0.392. The third-order valence-electron chi connectivity index (χ3n) is 3.58. The zero-order chi connectivity index (χ0) is 12.8. The van der Waals surface area contributed by atoms with E-state index in [1.165, 1.54) is 0 Å². The molecule has 0 saturated carbocycles. The van der Waals surface area contributed by atoms with E-state index in [9.17, 15) is 4.79 Å². The van der Waals surface area contributed by atoms with Gasteiger partial charge >= 0.3 is 0 Å². The summed E-state index contributed by atoms with van der Waals surface area (Å²) in [4.78, 5) is 14.0. The van der Waals surface area contributed by atoms with Crippen LogP contribution in [0.1, 0.15) is 25.7 Å². The summed E-state index contributed by atoms with van der Waals surface area (Å²) in [5, 5.41) is 2.92. The lowest BCUT2D eigenvalue weighted by Gasteiger charge is -2.27. The van der Waals surface area contributed by atoms with Gasteiger partial charge in [0.05, 0.1) is 18.8 Å². The molecule has 0 aromatic carbocycles. The molecule has 0 aromatic rings. The third-order valence-corrected chi connectivity index (χ3v) is 3.58. The van der Waals surface area contributed by atoms with E-state index in [1.807, 2.05) is 4.90 Å². The highest BCUT2D eigenvalue weighted by molar-refractivity contribution is 5.78. The van der Waals surface area contributed by atoms with Gasteiger partial charge in [0.1, 0.15) is 0 Å². The Kier molecular flexibility index (Phi) is 5.41. The van der Waals surface area contributed by atoms with Crippen molar-refractivity contribution in [3.05, 3.63) is 0 Å². The van der Waals surface area contributed by atoms with Crippen LogP contribution in [0.15, 0.2) is 0 Å². The highest BCUT2D eigenvalue weighted by Crippen LogP contribution is 2.17. The Hall–Kier alpha value is -0.650. The largest absolute Gasteiger partial charge is 0.376 e. The number of hydrogen-bond acceptors (Lipinski definition) is 4. The Balaban J connectivity index is 1.85. The number of likely N-dealkylation sites (N-methyl/N-ethyl adjacent to an activating group) is 1. The van der Waals surface area contributed by atoms with E-state index < -0.39 is 0 Å². The first kappa shape index (κ1) is 13.8. The molecule has 2 rings (SSSR count). The summed E-state index contributed by atoms with van der Waals surface area (Å²) < 4.78 is 11.2. The molecule has 0 aromatic heterocycles. The second-order valence-corrected chi connectivity index (χ2v) is 5.10. The van der Waals surface area contributed by atoms with Crippen molar-refractivity contribution in [1.82, 2.24) is 10.2 Å². The predicted molar refractivity (Wildman–Crippen MR) is 68.5 cm³/mol. The lowest BCUT2D eigenvalue weighted by atomic mass is 10.2. The quantitative estimate of drug-likeness (QED) is 0.747. The fraction of sp³-hybridized carbons (Fsp3) is 0.923. The first-order valence-corrected chi connectivity index (χ1v) is 6.95. The lowest BCUT2D eigenvalue weighted by molar-refractivity contribution is -0.133. The van der Waals surface area contributed by atoms with Crippen LogP contribution in [0.5, 0.6) is 0 Å². The smallest absolute Gasteiger partial charge is 0.236 e. The normalized spacial score (nSPS) is 27.6. The number of ether oxygens (including phenoxy) is 2. The number of nitrogens with zero attached hydrogens (tertiary/aromatic N) is 1. The van der Waals surface area contributed by atoms with Gasteiger partial charge in [-0.05, 0) is 32.7 Å². The van der Waals surface area contributed by atoms with Crippen molar-refractivity contribution in [2.45, 2.75) is 37.9 Å². The Labute approximate surface area is 109 Å². The van der Waals surface area contributed by atoms with Gasteiger partial charge in [-0.3, -0.25) is 4.79 Å². The van der Waals surface area contributed by atoms with E-state index in [0.717, 1.165) is 38.9 Å². The molecule has 2 atom stereocenters. The summed E-state index contributed by atoms with van der Waals surface area (Å²) >= 11 is 0. The summed E-state index contributed by atoms with van der Waals surface area (Å²) in [5.74, 6) is 0.142. The van der Waals surface area contributed by atoms with Crippen LogP contribution in [0.3, 0.4) is 0 Å². The van der Waals surface area contributed by atoms with Gasteiger partial charge in [0.15, 0.2) is 0 Å². The molecule has 5 nitrogen and oxygen atoms in total. The van der Waals surface area contributed by atoms with Crippen molar-refractivity contribution in [3.8, 4) is 0 Å². The van der Waals surface area contributed by atoms with Gasteiger partial charge in [-0.15, -0.1) is 0 Å². The molecule has 5 heteroatoms. The minimum absolute atomic E-state index is 0.142. The van der Waals surface area contributed by atoms with Crippen molar-refractivity contribution in [3.63, 3.8) is 0 Å². The van der Waals surface area contributed by atoms with Crippen LogP contribution in [-0.2, 0) is 14.3 Å². The van der Waals surface area contributed by atoms with Crippen LogP contribution in [-0.4, -0.2) is 62.9 Å². The molecule has 2 saturated heterocycles. The second-order valence-electron chi connectivity index (χ2n) is 5.10. The molecule has 2 fully saturated rings. The minimum atomic E-state index is 0.142. The second kappa shape index (κ2) is 7.07. The summed E-state index contributed by atoms with van der Waals surface area (Å²) in [5.41, 5.74) is 0. The number of rotatable bonds is 6. The first-order valence-electron chi connectivity index (χ1n) is 6.95. The van der Waals surface area contributed by atoms with E-state index in [1.54, 1.807) is 7.05 Å². The molecule has 18 heavy (non-hydrogen) atoms. The number of hydrogen-bond donors (Lipinski definition) is 1. The molecular weight excluding hydrogens is 232 g/mol. The van der Waals surface area contributed by atoms with E-state index in [2.05, 4.69) is 5.32 Å². The van der Waals surface area contributed by atoms with Crippen molar-refractivity contribution in [2.24, 2.45) is 0 Å². The lowest BCUT2D eigenvalue weighted by Crippen LogP contribution is -2.45. The van der Waals surface area contributed by atoms with Crippen molar-refractivity contribution in [2.75, 3.05) is 39.9 Å². The zero-order valence-electron chi connectivity index (χ0n) is 11.2. The van der Waals surface area contributed by atoms with Gasteiger partial charge in [0.25, 0.3) is 0 Å². The van der Waals surface area contributed by atoms with E-state index in [0.29, 0.717) is 19.6 Å². The first-order chi connectivity index (χ1) is 8.79. The summed E-state index contributed by atoms with van der Waals surface area (Å²) in [6.45, 7) is 3.47. The maximum absolute atomic E-state index is 12.1. The molecule has 1 N–H and O–H groups in total. The summed E-state index contributed by atoms with van der Waals surface area (Å²) in [7, 11) is 1.80. The average molecular weight is 256 g/mol. The van der Waals surface area contributed by atoms with Crippen LogP contribution in [0, 0.1) is 0 Å². The van der Waals surface area contributed by atoms with Gasteiger partial charge < -0.3 is 19.7 Å². The number of carbonyl (C=O) groups is 1. The zero-order valence-corrected chi connectivity index (χ0v) is 11.2. The fourth-order valence-corrected chi connectivity index (χ4v) is 2.61. The Morgan fingerprint density at radius 1 is 1.17 bits per heavy atom. The standard InChI is InChI=1S/C13H24N2O3/c1-14-8-13(16)15(9-11-4-2-6-17-11)10-12-5-3-7-18-12/h11-12,14H,2-10H2,1H3. The van der Waals surface area contributed by atoms with Gasteiger partial charge in [-0.25, -0.2) is 0 Å². The average Bonchev–Trinajstić information content (AvgIpc) is 3.01. The number of carbonyl (C=O) groups excluding carboxylic acids is 1. The Morgan fingerprint density at radius 2 is 1.72 bits per heavy atom. The summed E-state index contributed by atoms with van der Waals surface area (Å²) in [6.07, 6.45) is 4.78. The van der Waals surface area contributed by atoms with Crippen LogP contribution >= 0.6 is 0 Å². The maximum Gasteiger partial charge on any atom is 0.236 e. The van der Waals surface area contributed by atoms with Crippen molar-refractivity contribution >= 4 is 5.91 Å². The van der Waals surface area contributed by atoms with Gasteiger partial charge in [-0.1, -0.05) is 0 Å². The van der Waals surface area contributed by atoms with Crippen molar-refractivity contribution in [1.29, 1.82) is 0 Å². The van der Waals surface area contributed by atoms with E-state index in [-0.39, 0.29) is 18.1 Å². The van der Waals surface area contributed by atoms with E-state index in [4.69, 9.17) is 9.47 Å². The Bertz CT molecular complexity index is 243. The molecule has 2 aliphatic rings. The van der Waals surface area contributed by atoms with Crippen LogP contribution in [0.2, 0.25) is 0 Å². The van der Waals surface area contributed by atoms with Crippen molar-refractivity contribution < 1.29 is 14.3 Å². The number of nitrogens with one attached hydrogen (secondary N) is 1. The molecule has 0 bridgehead atoms. The summed E-state index contributed by atoms with van der Waals surface area (Å²) in [6, 6.07) is 0. The molecule has 0 spiro atoms. The monoisotopic (exact) mass is 256 g/mol. The van der Waals surface area contributed by atoms with Gasteiger partial charge in [-0.2, -0.15) is 0 Å². The SMILES string of the molecule is CNCC(=O)N(CC1CCCO1)CC1CCCO1. The molecule has 2 aliphatic heterocycles.